The van der Waals surface area contributed by atoms with Crippen molar-refractivity contribution in [1.29, 1.82) is 0 Å². The molecular weight excluding hydrogens is 353 g/mol. The van der Waals surface area contributed by atoms with Gasteiger partial charge in [0.15, 0.2) is 0 Å². The maximum absolute atomic E-state index is 12.3. The third-order valence-electron chi connectivity index (χ3n) is 4.33. The van der Waals surface area contributed by atoms with E-state index in [1.807, 2.05) is 16.1 Å². The van der Waals surface area contributed by atoms with Gasteiger partial charge in [-0.05, 0) is 12.8 Å². The van der Waals surface area contributed by atoms with Crippen molar-refractivity contribution in [1.82, 2.24) is 19.4 Å². The number of imidazole rings is 1. The second kappa shape index (κ2) is 7.55. The molecule has 2 aromatic rings. The standard InChI is InChI=1S/C16H19F3N4OS/c17-16(18,19)4-3-14(24)22-6-1-2-12(8-22)15-20-5-7-23(15)9-13-10-25-11-21-13/h5,7,10-12H,1-4,6,8-9H2/t12-/m1/s1. The molecule has 1 fully saturated rings. The van der Waals surface area contributed by atoms with Gasteiger partial charge in [-0.15, -0.1) is 11.3 Å². The number of piperidine rings is 1. The monoisotopic (exact) mass is 372 g/mol. The van der Waals surface area contributed by atoms with Crippen LogP contribution >= 0.6 is 11.3 Å². The fourth-order valence-corrected chi connectivity index (χ4v) is 3.68. The summed E-state index contributed by atoms with van der Waals surface area (Å²) in [4.78, 5) is 22.3. The highest BCUT2D eigenvalue weighted by molar-refractivity contribution is 7.07. The van der Waals surface area contributed by atoms with Crippen molar-refractivity contribution in [3.8, 4) is 0 Å². The summed E-state index contributed by atoms with van der Waals surface area (Å²) < 4.78 is 39.0. The molecule has 1 aliphatic heterocycles. The number of nitrogens with zero attached hydrogens (tertiary/aromatic N) is 4. The Labute approximate surface area is 147 Å². The van der Waals surface area contributed by atoms with Crippen LogP contribution in [0.3, 0.4) is 0 Å². The molecular formula is C16H19F3N4OS. The molecule has 25 heavy (non-hydrogen) atoms. The number of amides is 1. The lowest BCUT2D eigenvalue weighted by Gasteiger charge is -2.33. The average molecular weight is 372 g/mol. The highest BCUT2D eigenvalue weighted by Gasteiger charge is 2.31. The molecule has 0 N–H and O–H groups in total. The first-order valence-corrected chi connectivity index (χ1v) is 9.09. The van der Waals surface area contributed by atoms with Gasteiger partial charge in [-0.3, -0.25) is 4.79 Å². The Bertz CT molecular complexity index is 699. The number of alkyl halides is 3. The molecule has 0 bridgehead atoms. The van der Waals surface area contributed by atoms with Gasteiger partial charge in [-0.2, -0.15) is 13.2 Å². The van der Waals surface area contributed by atoms with Gasteiger partial charge in [0.05, 0.1) is 24.2 Å². The smallest absolute Gasteiger partial charge is 0.342 e. The molecule has 0 aromatic carbocycles. The lowest BCUT2D eigenvalue weighted by Crippen LogP contribution is -2.40. The fourth-order valence-electron chi connectivity index (χ4n) is 3.13. The lowest BCUT2D eigenvalue weighted by atomic mass is 9.96. The molecule has 2 aromatic heterocycles. The molecule has 1 saturated heterocycles. The van der Waals surface area contributed by atoms with E-state index < -0.39 is 24.9 Å². The van der Waals surface area contributed by atoms with Gasteiger partial charge in [0.25, 0.3) is 0 Å². The molecule has 3 heterocycles. The number of halogens is 3. The van der Waals surface area contributed by atoms with Gasteiger partial charge >= 0.3 is 6.18 Å². The van der Waals surface area contributed by atoms with Crippen molar-refractivity contribution in [2.45, 2.75) is 44.3 Å². The van der Waals surface area contributed by atoms with Crippen LogP contribution in [0.25, 0.3) is 0 Å². The van der Waals surface area contributed by atoms with Crippen LogP contribution in [-0.2, 0) is 11.3 Å². The summed E-state index contributed by atoms with van der Waals surface area (Å²) in [6, 6.07) is 0. The molecule has 3 rings (SSSR count). The summed E-state index contributed by atoms with van der Waals surface area (Å²) in [5.41, 5.74) is 2.71. The minimum atomic E-state index is -4.30. The van der Waals surface area contributed by atoms with Crippen molar-refractivity contribution in [3.05, 3.63) is 34.8 Å². The van der Waals surface area contributed by atoms with Gasteiger partial charge < -0.3 is 9.47 Å². The maximum Gasteiger partial charge on any atom is 0.389 e. The number of hydrogen-bond acceptors (Lipinski definition) is 4. The number of carbonyl (C=O) groups excluding carboxylic acids is 1. The summed E-state index contributed by atoms with van der Waals surface area (Å²) in [6.07, 6.45) is -0.613. The van der Waals surface area contributed by atoms with Crippen LogP contribution in [0.4, 0.5) is 13.2 Å². The predicted molar refractivity (Wildman–Crippen MR) is 87.3 cm³/mol. The third-order valence-corrected chi connectivity index (χ3v) is 4.96. The van der Waals surface area contributed by atoms with E-state index in [0.29, 0.717) is 19.6 Å². The Morgan fingerprint density at radius 2 is 2.20 bits per heavy atom. The molecule has 1 aliphatic rings. The Kier molecular flexibility index (Phi) is 5.41. The Balaban J connectivity index is 1.64. The number of rotatable bonds is 5. The first-order valence-electron chi connectivity index (χ1n) is 8.15. The molecule has 136 valence electrons. The third kappa shape index (κ3) is 4.81. The highest BCUT2D eigenvalue weighted by atomic mass is 32.1. The normalized spacial score (nSPS) is 18.5. The molecule has 0 unspecified atom stereocenters. The van der Waals surface area contributed by atoms with Gasteiger partial charge in [0.2, 0.25) is 5.91 Å². The number of aromatic nitrogens is 3. The molecule has 5 nitrogen and oxygen atoms in total. The Morgan fingerprint density at radius 3 is 2.92 bits per heavy atom. The summed E-state index contributed by atoms with van der Waals surface area (Å²) in [6.45, 7) is 1.54. The first kappa shape index (κ1) is 17.9. The van der Waals surface area contributed by atoms with Crippen molar-refractivity contribution >= 4 is 17.2 Å². The van der Waals surface area contributed by atoms with Gasteiger partial charge in [-0.25, -0.2) is 9.97 Å². The van der Waals surface area contributed by atoms with Crippen LogP contribution in [-0.4, -0.2) is 44.6 Å². The van der Waals surface area contributed by atoms with Crippen LogP contribution in [0.5, 0.6) is 0 Å². The lowest BCUT2D eigenvalue weighted by molar-refractivity contribution is -0.149. The maximum atomic E-state index is 12.3. The zero-order valence-corrected chi connectivity index (χ0v) is 14.4. The Hall–Kier alpha value is -1.90. The van der Waals surface area contributed by atoms with E-state index in [-0.39, 0.29) is 5.92 Å². The quantitative estimate of drug-likeness (QED) is 0.808. The molecule has 1 amide bonds. The second-order valence-electron chi connectivity index (χ2n) is 6.19. The van der Waals surface area contributed by atoms with Crippen molar-refractivity contribution < 1.29 is 18.0 Å². The van der Waals surface area contributed by atoms with E-state index in [1.54, 1.807) is 16.6 Å². The zero-order chi connectivity index (χ0) is 17.9. The fraction of sp³-hybridized carbons (Fsp3) is 0.562. The average Bonchev–Trinajstić information content (AvgIpc) is 3.24. The molecule has 1 atom stereocenters. The van der Waals surface area contributed by atoms with E-state index >= 15 is 0 Å². The Morgan fingerprint density at radius 1 is 1.36 bits per heavy atom. The molecule has 0 aliphatic carbocycles. The van der Waals surface area contributed by atoms with Crippen LogP contribution < -0.4 is 0 Å². The molecule has 0 radical (unpaired) electrons. The van der Waals surface area contributed by atoms with Gasteiger partial charge in [-0.1, -0.05) is 0 Å². The largest absolute Gasteiger partial charge is 0.389 e. The van der Waals surface area contributed by atoms with E-state index in [4.69, 9.17) is 0 Å². The van der Waals surface area contributed by atoms with Crippen molar-refractivity contribution in [2.75, 3.05) is 13.1 Å². The summed E-state index contributed by atoms with van der Waals surface area (Å²) >= 11 is 1.52. The second-order valence-corrected chi connectivity index (χ2v) is 6.91. The van der Waals surface area contributed by atoms with Crippen LogP contribution in [0.2, 0.25) is 0 Å². The van der Waals surface area contributed by atoms with E-state index in [9.17, 15) is 18.0 Å². The minimum Gasteiger partial charge on any atom is -0.342 e. The number of likely N-dealkylation sites (tertiary alicyclic amines) is 1. The summed E-state index contributed by atoms with van der Waals surface area (Å²) in [5.74, 6) is 0.471. The highest BCUT2D eigenvalue weighted by Crippen LogP contribution is 2.28. The summed E-state index contributed by atoms with van der Waals surface area (Å²) in [7, 11) is 0. The van der Waals surface area contributed by atoms with E-state index in [2.05, 4.69) is 9.97 Å². The predicted octanol–water partition coefficient (Wildman–Crippen LogP) is 3.44. The SMILES string of the molecule is O=C(CCC(F)(F)F)N1CCC[C@@H](c2nccn2Cc2cscn2)C1. The van der Waals surface area contributed by atoms with Crippen LogP contribution in [0.15, 0.2) is 23.3 Å². The number of carbonyl (C=O) groups is 1. The summed E-state index contributed by atoms with van der Waals surface area (Å²) in [5, 5.41) is 1.97. The minimum absolute atomic E-state index is 0.0391. The zero-order valence-electron chi connectivity index (χ0n) is 13.6. The molecule has 0 spiro atoms. The number of hydrogen-bond donors (Lipinski definition) is 0. The van der Waals surface area contributed by atoms with Crippen LogP contribution in [0, 0.1) is 0 Å². The molecule has 0 saturated carbocycles. The van der Waals surface area contributed by atoms with Crippen molar-refractivity contribution in [3.63, 3.8) is 0 Å². The topological polar surface area (TPSA) is 51.0 Å². The van der Waals surface area contributed by atoms with Gasteiger partial charge in [0, 0.05) is 43.2 Å². The van der Waals surface area contributed by atoms with E-state index in [1.165, 1.54) is 11.3 Å². The van der Waals surface area contributed by atoms with Crippen molar-refractivity contribution in [2.24, 2.45) is 0 Å². The first-order chi connectivity index (χ1) is 11.9. The van der Waals surface area contributed by atoms with Gasteiger partial charge in [0.1, 0.15) is 5.82 Å². The number of thiazole rings is 1. The van der Waals surface area contributed by atoms with E-state index in [0.717, 1.165) is 24.4 Å². The molecule has 9 heteroatoms. The van der Waals surface area contributed by atoms with Crippen LogP contribution in [0.1, 0.15) is 43.1 Å².